The Labute approximate surface area is 102 Å². The minimum atomic E-state index is -3.35. The van der Waals surface area contributed by atoms with Gasteiger partial charge in [-0.05, 0) is 37.5 Å². The average molecular weight is 254 g/mol. The van der Waals surface area contributed by atoms with Crippen molar-refractivity contribution in [2.24, 2.45) is 5.73 Å². The van der Waals surface area contributed by atoms with Gasteiger partial charge in [-0.25, -0.2) is 8.42 Å². The molecule has 1 saturated carbocycles. The number of benzene rings is 1. The Bertz CT molecular complexity index is 507. The van der Waals surface area contributed by atoms with Gasteiger partial charge in [0.15, 0.2) is 0 Å². The predicted molar refractivity (Wildman–Crippen MR) is 67.0 cm³/mol. The molecule has 0 heterocycles. The number of sulfonamides is 1. The lowest BCUT2D eigenvalue weighted by molar-refractivity contribution is 0.464. The van der Waals surface area contributed by atoms with Crippen molar-refractivity contribution in [1.82, 2.24) is 4.31 Å². The van der Waals surface area contributed by atoms with E-state index in [0.29, 0.717) is 4.90 Å². The van der Waals surface area contributed by atoms with Crippen molar-refractivity contribution in [3.05, 3.63) is 29.8 Å². The molecule has 2 N–H and O–H groups in total. The Kier molecular flexibility index (Phi) is 3.25. The van der Waals surface area contributed by atoms with Gasteiger partial charge in [0.05, 0.1) is 4.90 Å². The van der Waals surface area contributed by atoms with Crippen molar-refractivity contribution in [3.63, 3.8) is 0 Å². The topological polar surface area (TPSA) is 63.4 Å². The van der Waals surface area contributed by atoms with Crippen LogP contribution in [-0.2, 0) is 10.0 Å². The highest BCUT2D eigenvalue weighted by atomic mass is 32.2. The summed E-state index contributed by atoms with van der Waals surface area (Å²) in [4.78, 5) is 0.335. The third kappa shape index (κ3) is 2.51. The van der Waals surface area contributed by atoms with E-state index in [2.05, 4.69) is 0 Å². The van der Waals surface area contributed by atoms with Gasteiger partial charge in [0.1, 0.15) is 0 Å². The highest BCUT2D eigenvalue weighted by Gasteiger charge is 2.35. The molecule has 0 saturated heterocycles. The number of nitrogens with two attached hydrogens (primary N) is 1. The predicted octanol–water partition coefficient (Wildman–Crippen LogP) is 1.49. The molecular formula is C12H18N2O2S. The van der Waals surface area contributed by atoms with Crippen LogP contribution in [0.25, 0.3) is 0 Å². The van der Waals surface area contributed by atoms with Crippen molar-refractivity contribution in [3.8, 4) is 0 Å². The molecule has 0 spiro atoms. The van der Waals surface area contributed by atoms with Gasteiger partial charge in [0.25, 0.3) is 0 Å². The first-order valence-corrected chi connectivity index (χ1v) is 7.20. The fourth-order valence-electron chi connectivity index (χ4n) is 1.76. The lowest BCUT2D eigenvalue weighted by atomic mass is 10.1. The molecule has 1 unspecified atom stereocenters. The smallest absolute Gasteiger partial charge is 0.243 e. The summed E-state index contributed by atoms with van der Waals surface area (Å²) in [5.41, 5.74) is 6.61. The Morgan fingerprint density at radius 1 is 1.41 bits per heavy atom. The van der Waals surface area contributed by atoms with Crippen molar-refractivity contribution in [2.75, 3.05) is 7.05 Å². The second-order valence-corrected chi connectivity index (χ2v) is 6.61. The molecule has 2 rings (SSSR count). The summed E-state index contributed by atoms with van der Waals surface area (Å²) in [7, 11) is -1.71. The third-order valence-electron chi connectivity index (χ3n) is 3.12. The van der Waals surface area contributed by atoms with Crippen LogP contribution in [0.2, 0.25) is 0 Å². The second kappa shape index (κ2) is 4.40. The molecule has 0 bridgehead atoms. The van der Waals surface area contributed by atoms with Gasteiger partial charge < -0.3 is 5.73 Å². The Morgan fingerprint density at radius 2 is 2.06 bits per heavy atom. The zero-order valence-corrected chi connectivity index (χ0v) is 10.9. The number of rotatable bonds is 4. The highest BCUT2D eigenvalue weighted by Crippen LogP contribution is 2.30. The van der Waals surface area contributed by atoms with Crippen LogP contribution in [0.3, 0.4) is 0 Å². The minimum Gasteiger partial charge on any atom is -0.324 e. The molecule has 0 radical (unpaired) electrons. The largest absolute Gasteiger partial charge is 0.324 e. The first kappa shape index (κ1) is 12.5. The fraction of sp³-hybridized carbons (Fsp3) is 0.500. The first-order chi connectivity index (χ1) is 7.93. The molecule has 5 heteroatoms. The molecule has 0 aliphatic heterocycles. The van der Waals surface area contributed by atoms with Crippen LogP contribution >= 0.6 is 0 Å². The molecule has 1 aromatic carbocycles. The molecule has 94 valence electrons. The quantitative estimate of drug-likeness (QED) is 0.885. The van der Waals surface area contributed by atoms with E-state index in [1.54, 1.807) is 25.2 Å². The van der Waals surface area contributed by atoms with Crippen LogP contribution in [0.4, 0.5) is 0 Å². The Balaban J connectivity index is 2.35. The van der Waals surface area contributed by atoms with E-state index in [0.717, 1.165) is 18.4 Å². The number of nitrogens with zero attached hydrogens (tertiary/aromatic N) is 1. The monoisotopic (exact) mass is 254 g/mol. The van der Waals surface area contributed by atoms with Gasteiger partial charge in [0, 0.05) is 19.1 Å². The van der Waals surface area contributed by atoms with Gasteiger partial charge >= 0.3 is 0 Å². The van der Waals surface area contributed by atoms with Crippen molar-refractivity contribution >= 4 is 10.0 Å². The average Bonchev–Trinajstić information content (AvgIpc) is 3.12. The SMILES string of the molecule is CC(N)c1cccc(S(=O)(=O)N(C)C2CC2)c1. The molecule has 1 aliphatic carbocycles. The van der Waals surface area contributed by atoms with Gasteiger partial charge in [-0.1, -0.05) is 12.1 Å². The van der Waals surface area contributed by atoms with Crippen LogP contribution in [0.15, 0.2) is 29.2 Å². The van der Waals surface area contributed by atoms with Gasteiger partial charge in [-0.2, -0.15) is 4.31 Å². The standard InChI is InChI=1S/C12H18N2O2S/c1-9(13)10-4-3-5-12(8-10)17(15,16)14(2)11-6-7-11/h3-5,8-9,11H,6-7,13H2,1-2H3. The van der Waals surface area contributed by atoms with E-state index in [1.165, 1.54) is 4.31 Å². The fourth-order valence-corrected chi connectivity index (χ4v) is 3.23. The summed E-state index contributed by atoms with van der Waals surface area (Å²) in [6.45, 7) is 1.84. The van der Waals surface area contributed by atoms with Crippen molar-refractivity contribution in [2.45, 2.75) is 36.7 Å². The lowest BCUT2D eigenvalue weighted by Gasteiger charge is -2.17. The van der Waals surface area contributed by atoms with Gasteiger partial charge in [0.2, 0.25) is 10.0 Å². The Morgan fingerprint density at radius 3 is 2.59 bits per heavy atom. The Hall–Kier alpha value is -0.910. The molecule has 1 aliphatic rings. The summed E-state index contributed by atoms with van der Waals surface area (Å²) in [6, 6.07) is 6.90. The van der Waals surface area contributed by atoms with Crippen LogP contribution in [0, 0.1) is 0 Å². The molecule has 17 heavy (non-hydrogen) atoms. The summed E-state index contributed by atoms with van der Waals surface area (Å²) >= 11 is 0. The van der Waals surface area contributed by atoms with Crippen LogP contribution in [-0.4, -0.2) is 25.8 Å². The summed E-state index contributed by atoms with van der Waals surface area (Å²) in [5.74, 6) is 0. The molecule has 4 nitrogen and oxygen atoms in total. The number of hydrogen-bond acceptors (Lipinski definition) is 3. The van der Waals surface area contributed by atoms with Crippen LogP contribution < -0.4 is 5.73 Å². The molecular weight excluding hydrogens is 236 g/mol. The number of hydrogen-bond donors (Lipinski definition) is 1. The van der Waals surface area contributed by atoms with E-state index in [1.807, 2.05) is 13.0 Å². The van der Waals surface area contributed by atoms with E-state index in [4.69, 9.17) is 5.73 Å². The summed E-state index contributed by atoms with van der Waals surface area (Å²) in [5, 5.41) is 0. The molecule has 0 amide bonds. The minimum absolute atomic E-state index is 0.156. The van der Waals surface area contributed by atoms with Crippen LogP contribution in [0.5, 0.6) is 0 Å². The molecule has 1 atom stereocenters. The maximum absolute atomic E-state index is 12.3. The third-order valence-corrected chi connectivity index (χ3v) is 5.03. The second-order valence-electron chi connectivity index (χ2n) is 4.61. The van der Waals surface area contributed by atoms with Gasteiger partial charge in [-0.15, -0.1) is 0 Å². The van der Waals surface area contributed by atoms with Crippen molar-refractivity contribution in [1.29, 1.82) is 0 Å². The maximum atomic E-state index is 12.3. The lowest BCUT2D eigenvalue weighted by Crippen LogP contribution is -2.29. The van der Waals surface area contributed by atoms with Gasteiger partial charge in [-0.3, -0.25) is 0 Å². The normalized spacial score (nSPS) is 18.4. The first-order valence-electron chi connectivity index (χ1n) is 5.76. The van der Waals surface area contributed by atoms with E-state index in [9.17, 15) is 8.42 Å². The van der Waals surface area contributed by atoms with Crippen molar-refractivity contribution < 1.29 is 8.42 Å². The van der Waals surface area contributed by atoms with Crippen LogP contribution in [0.1, 0.15) is 31.4 Å². The molecule has 0 aromatic heterocycles. The summed E-state index contributed by atoms with van der Waals surface area (Å²) in [6.07, 6.45) is 1.92. The van der Waals surface area contributed by atoms with E-state index < -0.39 is 10.0 Å². The van der Waals surface area contributed by atoms with E-state index >= 15 is 0 Å². The highest BCUT2D eigenvalue weighted by molar-refractivity contribution is 7.89. The van der Waals surface area contributed by atoms with E-state index in [-0.39, 0.29) is 12.1 Å². The maximum Gasteiger partial charge on any atom is 0.243 e. The molecule has 1 fully saturated rings. The zero-order chi connectivity index (χ0) is 12.6. The molecule has 1 aromatic rings. The zero-order valence-electron chi connectivity index (χ0n) is 10.1. The summed E-state index contributed by atoms with van der Waals surface area (Å²) < 4.78 is 26.0.